The minimum Gasteiger partial charge on any atom is -0.321 e. The fourth-order valence-electron chi connectivity index (χ4n) is 1.79. The number of nitro groups is 1. The molecule has 0 aliphatic rings. The molecule has 0 bridgehead atoms. The highest BCUT2D eigenvalue weighted by atomic mass is 32.1. The van der Waals surface area contributed by atoms with Gasteiger partial charge in [-0.2, -0.15) is 0 Å². The lowest BCUT2D eigenvalue weighted by molar-refractivity contribution is -0.380. The average molecular weight is 304 g/mol. The van der Waals surface area contributed by atoms with Gasteiger partial charge in [0, 0.05) is 11.8 Å². The van der Waals surface area contributed by atoms with Crippen LogP contribution in [0.4, 0.5) is 10.7 Å². The van der Waals surface area contributed by atoms with Crippen molar-refractivity contribution < 1.29 is 9.72 Å². The van der Waals surface area contributed by atoms with Gasteiger partial charge in [0.15, 0.2) is 0 Å². The topological polar surface area (TPSA) is 72.2 Å². The van der Waals surface area contributed by atoms with Crippen molar-refractivity contribution in [3.63, 3.8) is 0 Å². The van der Waals surface area contributed by atoms with Crippen molar-refractivity contribution >= 4 is 27.9 Å². The molecule has 0 aliphatic carbocycles. The van der Waals surface area contributed by atoms with E-state index in [0.717, 1.165) is 11.3 Å². The Morgan fingerprint density at radius 2 is 1.76 bits per heavy atom. The minimum atomic E-state index is -0.500. The van der Waals surface area contributed by atoms with Crippen LogP contribution in [0, 0.1) is 10.1 Å². The van der Waals surface area contributed by atoms with Crippen molar-refractivity contribution in [3.8, 4) is 0 Å². The molecular formula is C15H16N2O3S. The molecule has 0 saturated carbocycles. The van der Waals surface area contributed by atoms with Crippen LogP contribution in [0.25, 0.3) is 0 Å². The molecule has 21 heavy (non-hydrogen) atoms. The lowest BCUT2D eigenvalue weighted by Gasteiger charge is -2.19. The molecule has 1 heterocycles. The number of rotatable bonds is 3. The maximum absolute atomic E-state index is 12.0. The SMILES string of the molecule is CC(C)(C)c1ccc(NC(=O)c2ccc([N+](=O)[O-])s2)cc1. The summed E-state index contributed by atoms with van der Waals surface area (Å²) in [4.78, 5) is 22.4. The van der Waals surface area contributed by atoms with Crippen LogP contribution in [0.3, 0.4) is 0 Å². The van der Waals surface area contributed by atoms with E-state index in [0.29, 0.717) is 10.6 Å². The molecule has 0 fully saturated rings. The Morgan fingerprint density at radius 1 is 1.14 bits per heavy atom. The summed E-state index contributed by atoms with van der Waals surface area (Å²) in [6, 6.07) is 10.4. The van der Waals surface area contributed by atoms with Gasteiger partial charge in [-0.15, -0.1) is 0 Å². The molecule has 1 aromatic heterocycles. The molecule has 2 rings (SSSR count). The first-order valence-corrected chi connectivity index (χ1v) is 7.25. The normalized spacial score (nSPS) is 11.2. The van der Waals surface area contributed by atoms with Crippen molar-refractivity contribution in [3.05, 3.63) is 57.0 Å². The predicted octanol–water partition coefficient (Wildman–Crippen LogP) is 4.21. The van der Waals surface area contributed by atoms with E-state index in [1.807, 2.05) is 24.3 Å². The molecule has 0 saturated heterocycles. The van der Waals surface area contributed by atoms with E-state index in [9.17, 15) is 14.9 Å². The Hall–Kier alpha value is -2.21. The molecule has 5 nitrogen and oxygen atoms in total. The van der Waals surface area contributed by atoms with Crippen molar-refractivity contribution in [2.75, 3.05) is 5.32 Å². The molecule has 1 amide bonds. The summed E-state index contributed by atoms with van der Waals surface area (Å²) < 4.78 is 0. The number of amides is 1. The van der Waals surface area contributed by atoms with Crippen LogP contribution in [-0.4, -0.2) is 10.8 Å². The van der Waals surface area contributed by atoms with E-state index in [1.54, 1.807) is 0 Å². The molecule has 6 heteroatoms. The summed E-state index contributed by atoms with van der Waals surface area (Å²) in [5.41, 5.74) is 1.90. The van der Waals surface area contributed by atoms with Gasteiger partial charge in [0.1, 0.15) is 0 Å². The number of carbonyl (C=O) groups excluding carboxylic acids is 1. The van der Waals surface area contributed by atoms with Crippen LogP contribution in [-0.2, 0) is 5.41 Å². The Bertz CT molecular complexity index is 669. The van der Waals surface area contributed by atoms with E-state index in [2.05, 4.69) is 26.1 Å². The second kappa shape index (κ2) is 5.65. The average Bonchev–Trinajstić information content (AvgIpc) is 2.88. The van der Waals surface area contributed by atoms with Crippen LogP contribution in [0.15, 0.2) is 36.4 Å². The third-order valence-electron chi connectivity index (χ3n) is 3.00. The third kappa shape index (κ3) is 3.66. The van der Waals surface area contributed by atoms with Gasteiger partial charge in [0.25, 0.3) is 5.91 Å². The second-order valence-corrected chi connectivity index (χ2v) is 6.74. The van der Waals surface area contributed by atoms with Crippen molar-refractivity contribution in [1.29, 1.82) is 0 Å². The summed E-state index contributed by atoms with van der Waals surface area (Å²) in [6.45, 7) is 6.35. The van der Waals surface area contributed by atoms with Gasteiger partial charge in [-0.1, -0.05) is 44.2 Å². The van der Waals surface area contributed by atoms with Gasteiger partial charge >= 0.3 is 5.00 Å². The fourth-order valence-corrected chi connectivity index (χ4v) is 2.51. The first-order chi connectivity index (χ1) is 9.77. The van der Waals surface area contributed by atoms with Gasteiger partial charge < -0.3 is 5.32 Å². The summed E-state index contributed by atoms with van der Waals surface area (Å²) in [5, 5.41) is 13.3. The first-order valence-electron chi connectivity index (χ1n) is 6.43. The molecule has 0 unspecified atom stereocenters. The van der Waals surface area contributed by atoms with Crippen LogP contribution in [0.2, 0.25) is 0 Å². The Balaban J connectivity index is 2.10. The second-order valence-electron chi connectivity index (χ2n) is 5.68. The monoisotopic (exact) mass is 304 g/mol. The predicted molar refractivity (Wildman–Crippen MR) is 84.1 cm³/mol. The maximum Gasteiger partial charge on any atom is 0.324 e. The van der Waals surface area contributed by atoms with Gasteiger partial charge in [-0.05, 0) is 29.2 Å². The largest absolute Gasteiger partial charge is 0.324 e. The van der Waals surface area contributed by atoms with Gasteiger partial charge in [0.05, 0.1) is 9.80 Å². The highest BCUT2D eigenvalue weighted by molar-refractivity contribution is 7.17. The number of anilines is 1. The molecule has 0 atom stereocenters. The van der Waals surface area contributed by atoms with Crippen LogP contribution in [0.5, 0.6) is 0 Å². The zero-order chi connectivity index (χ0) is 15.6. The summed E-state index contributed by atoms with van der Waals surface area (Å²) >= 11 is 0.865. The van der Waals surface area contributed by atoms with Crippen LogP contribution in [0.1, 0.15) is 36.0 Å². The number of hydrogen-bond donors (Lipinski definition) is 1. The Morgan fingerprint density at radius 3 is 2.24 bits per heavy atom. The first kappa shape index (κ1) is 15.2. The molecule has 2 aromatic rings. The molecule has 0 radical (unpaired) electrons. The number of benzene rings is 1. The third-order valence-corrected chi connectivity index (χ3v) is 4.04. The summed E-state index contributed by atoms with van der Waals surface area (Å²) in [6.07, 6.45) is 0. The van der Waals surface area contributed by atoms with Crippen molar-refractivity contribution in [2.45, 2.75) is 26.2 Å². The number of nitrogens with one attached hydrogen (secondary N) is 1. The molecule has 1 aromatic carbocycles. The lowest BCUT2D eigenvalue weighted by Crippen LogP contribution is -2.12. The van der Waals surface area contributed by atoms with E-state index < -0.39 is 4.92 Å². The molecule has 110 valence electrons. The van der Waals surface area contributed by atoms with Crippen LogP contribution < -0.4 is 5.32 Å². The quantitative estimate of drug-likeness (QED) is 0.682. The maximum atomic E-state index is 12.0. The number of nitrogens with zero attached hydrogens (tertiary/aromatic N) is 1. The van der Waals surface area contributed by atoms with Gasteiger partial charge in [-0.25, -0.2) is 0 Å². The van der Waals surface area contributed by atoms with Gasteiger partial charge in [-0.3, -0.25) is 14.9 Å². The van der Waals surface area contributed by atoms with E-state index in [-0.39, 0.29) is 16.3 Å². The van der Waals surface area contributed by atoms with Crippen molar-refractivity contribution in [1.82, 2.24) is 0 Å². The zero-order valence-corrected chi connectivity index (χ0v) is 12.9. The molecule has 0 spiro atoms. The van der Waals surface area contributed by atoms with E-state index >= 15 is 0 Å². The Kier molecular flexibility index (Phi) is 4.09. The van der Waals surface area contributed by atoms with Crippen LogP contribution >= 0.6 is 11.3 Å². The highest BCUT2D eigenvalue weighted by Gasteiger charge is 2.16. The number of carbonyl (C=O) groups is 1. The van der Waals surface area contributed by atoms with E-state index in [4.69, 9.17) is 0 Å². The zero-order valence-electron chi connectivity index (χ0n) is 12.0. The number of thiophene rings is 1. The minimum absolute atomic E-state index is 0.0387. The summed E-state index contributed by atoms with van der Waals surface area (Å²) in [5.74, 6) is -0.336. The lowest BCUT2D eigenvalue weighted by atomic mass is 9.87. The standard InChI is InChI=1S/C15H16N2O3S/c1-15(2,3)10-4-6-11(7-5-10)16-14(18)12-8-9-13(21-12)17(19)20/h4-9H,1-3H3,(H,16,18). The summed E-state index contributed by atoms with van der Waals surface area (Å²) in [7, 11) is 0. The fraction of sp³-hybridized carbons (Fsp3) is 0.267. The molecule has 1 N–H and O–H groups in total. The smallest absolute Gasteiger partial charge is 0.321 e. The van der Waals surface area contributed by atoms with Gasteiger partial charge in [0.2, 0.25) is 0 Å². The molecular weight excluding hydrogens is 288 g/mol. The molecule has 0 aliphatic heterocycles. The van der Waals surface area contributed by atoms with Crippen molar-refractivity contribution in [2.24, 2.45) is 0 Å². The number of hydrogen-bond acceptors (Lipinski definition) is 4. The van der Waals surface area contributed by atoms with E-state index in [1.165, 1.54) is 17.7 Å². The Labute approximate surface area is 126 Å². The highest BCUT2D eigenvalue weighted by Crippen LogP contribution is 2.26.